The van der Waals surface area contributed by atoms with E-state index in [4.69, 9.17) is 0 Å². The smallest absolute Gasteiger partial charge is 0.0414 e. The molecule has 0 heteroatoms. The van der Waals surface area contributed by atoms with E-state index >= 15 is 0 Å². The van der Waals surface area contributed by atoms with Crippen molar-refractivity contribution < 1.29 is 0 Å². The first-order chi connectivity index (χ1) is 8.24. The Bertz CT molecular complexity index is 139. The average molecular weight is 240 g/mol. The Morgan fingerprint density at radius 3 is 1.94 bits per heavy atom. The number of unbranched alkanes of at least 4 members (excludes halogenated alkanes) is 5. The van der Waals surface area contributed by atoms with E-state index in [1.807, 2.05) is 0 Å². The number of hydrogen-bond acceptors (Lipinski definition) is 0. The van der Waals surface area contributed by atoms with Crippen molar-refractivity contribution in [2.24, 2.45) is 11.8 Å². The summed E-state index contributed by atoms with van der Waals surface area (Å²) in [5, 5.41) is 0. The lowest BCUT2D eigenvalue weighted by Gasteiger charge is -2.19. The maximum atomic E-state index is 2.46. The molecular formula is C17H36. The molecule has 0 aromatic rings. The lowest BCUT2D eigenvalue weighted by atomic mass is 9.87. The van der Waals surface area contributed by atoms with E-state index < -0.39 is 0 Å². The highest BCUT2D eigenvalue weighted by atomic mass is 14.2. The van der Waals surface area contributed by atoms with Crippen molar-refractivity contribution in [3.63, 3.8) is 0 Å². The molecule has 2 unspecified atom stereocenters. The van der Waals surface area contributed by atoms with Crippen molar-refractivity contribution in [3.8, 4) is 0 Å². The van der Waals surface area contributed by atoms with Crippen LogP contribution >= 0.6 is 0 Å². The van der Waals surface area contributed by atoms with Crippen molar-refractivity contribution in [2.75, 3.05) is 0 Å². The second kappa shape index (κ2) is 12.5. The van der Waals surface area contributed by atoms with Crippen LogP contribution in [0.3, 0.4) is 0 Å². The molecule has 0 heterocycles. The maximum Gasteiger partial charge on any atom is -0.0414 e. The van der Waals surface area contributed by atoms with Gasteiger partial charge in [0, 0.05) is 0 Å². The van der Waals surface area contributed by atoms with Crippen LogP contribution in [0.15, 0.2) is 0 Å². The molecule has 0 aliphatic carbocycles. The zero-order chi connectivity index (χ0) is 12.9. The van der Waals surface area contributed by atoms with Crippen LogP contribution in [0.1, 0.15) is 98.3 Å². The lowest BCUT2D eigenvalue weighted by Crippen LogP contribution is -2.05. The summed E-state index contributed by atoms with van der Waals surface area (Å²) in [5.41, 5.74) is 0. The first-order valence-electron chi connectivity index (χ1n) is 8.24. The Hall–Kier alpha value is 0. The van der Waals surface area contributed by atoms with Gasteiger partial charge in [0.05, 0.1) is 0 Å². The number of hydrogen-bond donors (Lipinski definition) is 0. The molecule has 0 aliphatic heterocycles. The summed E-state index contributed by atoms with van der Waals surface area (Å²) in [6.45, 7) is 9.43. The van der Waals surface area contributed by atoms with E-state index in [2.05, 4.69) is 27.7 Å². The molecule has 0 saturated heterocycles. The van der Waals surface area contributed by atoms with Gasteiger partial charge in [0.25, 0.3) is 0 Å². The highest BCUT2D eigenvalue weighted by Crippen LogP contribution is 2.24. The van der Waals surface area contributed by atoms with Crippen molar-refractivity contribution in [3.05, 3.63) is 0 Å². The molecule has 0 amide bonds. The fourth-order valence-corrected chi connectivity index (χ4v) is 2.86. The summed E-state index contributed by atoms with van der Waals surface area (Å²) in [7, 11) is 0. The van der Waals surface area contributed by atoms with Crippen LogP contribution < -0.4 is 0 Å². The Kier molecular flexibility index (Phi) is 12.5. The molecule has 104 valence electrons. The molecule has 0 aromatic carbocycles. The van der Waals surface area contributed by atoms with Gasteiger partial charge in [-0.3, -0.25) is 0 Å². The van der Waals surface area contributed by atoms with Gasteiger partial charge >= 0.3 is 0 Å². The highest BCUT2D eigenvalue weighted by molar-refractivity contribution is 4.62. The van der Waals surface area contributed by atoms with Crippen LogP contribution in [0, 0.1) is 11.8 Å². The zero-order valence-electron chi connectivity index (χ0n) is 12.9. The van der Waals surface area contributed by atoms with Gasteiger partial charge < -0.3 is 0 Å². The normalized spacial score (nSPS) is 14.8. The maximum absolute atomic E-state index is 2.46. The average Bonchev–Trinajstić information content (AvgIpc) is 2.33. The monoisotopic (exact) mass is 240 g/mol. The van der Waals surface area contributed by atoms with Gasteiger partial charge in [0.2, 0.25) is 0 Å². The SMILES string of the molecule is CCCCCCCCC(C)CC(CC)CCC. The van der Waals surface area contributed by atoms with Crippen LogP contribution in [0.25, 0.3) is 0 Å². The third-order valence-corrected chi connectivity index (χ3v) is 4.06. The van der Waals surface area contributed by atoms with E-state index in [9.17, 15) is 0 Å². The summed E-state index contributed by atoms with van der Waals surface area (Å²) in [6.07, 6.45) is 15.8. The molecule has 0 N–H and O–H groups in total. The minimum Gasteiger partial charge on any atom is -0.0654 e. The fourth-order valence-electron chi connectivity index (χ4n) is 2.86. The molecule has 0 rings (SSSR count). The Morgan fingerprint density at radius 1 is 0.706 bits per heavy atom. The van der Waals surface area contributed by atoms with Crippen molar-refractivity contribution in [2.45, 2.75) is 98.3 Å². The van der Waals surface area contributed by atoms with E-state index in [1.54, 1.807) is 0 Å². The number of rotatable bonds is 12. The molecule has 17 heavy (non-hydrogen) atoms. The van der Waals surface area contributed by atoms with Crippen LogP contribution in [0.5, 0.6) is 0 Å². The van der Waals surface area contributed by atoms with Gasteiger partial charge in [-0.05, 0) is 18.3 Å². The Morgan fingerprint density at radius 2 is 1.35 bits per heavy atom. The van der Waals surface area contributed by atoms with Crippen LogP contribution in [0.2, 0.25) is 0 Å². The first kappa shape index (κ1) is 17.0. The molecule has 2 atom stereocenters. The fraction of sp³-hybridized carbons (Fsp3) is 1.00. The minimum absolute atomic E-state index is 0.956. The van der Waals surface area contributed by atoms with Gasteiger partial charge in [-0.2, -0.15) is 0 Å². The topological polar surface area (TPSA) is 0 Å². The van der Waals surface area contributed by atoms with Gasteiger partial charge in [-0.15, -0.1) is 0 Å². The predicted molar refractivity (Wildman–Crippen MR) is 80.5 cm³/mol. The van der Waals surface area contributed by atoms with Crippen molar-refractivity contribution in [1.29, 1.82) is 0 Å². The third-order valence-electron chi connectivity index (χ3n) is 4.06. The van der Waals surface area contributed by atoms with E-state index in [-0.39, 0.29) is 0 Å². The van der Waals surface area contributed by atoms with Crippen LogP contribution in [-0.2, 0) is 0 Å². The van der Waals surface area contributed by atoms with Crippen LogP contribution in [-0.4, -0.2) is 0 Å². The summed E-state index contributed by atoms with van der Waals surface area (Å²) in [5.74, 6) is 1.95. The van der Waals surface area contributed by atoms with Gasteiger partial charge in [0.1, 0.15) is 0 Å². The zero-order valence-corrected chi connectivity index (χ0v) is 12.9. The molecular weight excluding hydrogens is 204 g/mol. The van der Waals surface area contributed by atoms with Crippen molar-refractivity contribution in [1.82, 2.24) is 0 Å². The third kappa shape index (κ3) is 10.9. The Labute approximate surface area is 111 Å². The molecule has 0 fully saturated rings. The summed E-state index contributed by atoms with van der Waals surface area (Å²) in [4.78, 5) is 0. The second-order valence-corrected chi connectivity index (χ2v) is 5.96. The standard InChI is InChI=1S/C17H36/c1-5-8-9-10-11-12-14-16(4)15-17(7-3)13-6-2/h16-17H,5-15H2,1-4H3. The molecule has 0 aromatic heterocycles. The predicted octanol–water partition coefficient (Wildman–Crippen LogP) is 6.59. The van der Waals surface area contributed by atoms with Crippen molar-refractivity contribution >= 4 is 0 Å². The molecule has 0 radical (unpaired) electrons. The Balaban J connectivity index is 3.41. The van der Waals surface area contributed by atoms with E-state index in [0.29, 0.717) is 0 Å². The quantitative estimate of drug-likeness (QED) is 0.338. The second-order valence-electron chi connectivity index (χ2n) is 5.96. The van der Waals surface area contributed by atoms with Gasteiger partial charge in [-0.1, -0.05) is 91.9 Å². The first-order valence-corrected chi connectivity index (χ1v) is 8.24. The largest absolute Gasteiger partial charge is 0.0654 e. The molecule has 0 saturated carbocycles. The van der Waals surface area contributed by atoms with Gasteiger partial charge in [-0.25, -0.2) is 0 Å². The highest BCUT2D eigenvalue weighted by Gasteiger charge is 2.10. The van der Waals surface area contributed by atoms with E-state index in [0.717, 1.165) is 11.8 Å². The molecule has 0 nitrogen and oxygen atoms in total. The molecule has 0 spiro atoms. The minimum atomic E-state index is 0.956. The lowest BCUT2D eigenvalue weighted by molar-refractivity contribution is 0.337. The van der Waals surface area contributed by atoms with E-state index in [1.165, 1.54) is 70.6 Å². The summed E-state index contributed by atoms with van der Waals surface area (Å²) >= 11 is 0. The summed E-state index contributed by atoms with van der Waals surface area (Å²) < 4.78 is 0. The van der Waals surface area contributed by atoms with Crippen LogP contribution in [0.4, 0.5) is 0 Å². The molecule has 0 bridgehead atoms. The summed E-state index contributed by atoms with van der Waals surface area (Å²) in [6, 6.07) is 0. The van der Waals surface area contributed by atoms with Gasteiger partial charge in [0.15, 0.2) is 0 Å². The molecule has 0 aliphatic rings.